The molecule has 4 aromatic rings. The predicted molar refractivity (Wildman–Crippen MR) is 144 cm³/mol. The molecular formula is C28H30N2O5S2. The number of sulfonamides is 2. The van der Waals surface area contributed by atoms with Crippen molar-refractivity contribution in [1.29, 1.82) is 0 Å². The third-order valence-electron chi connectivity index (χ3n) is 7.72. The van der Waals surface area contributed by atoms with Gasteiger partial charge in [0.15, 0.2) is 0 Å². The lowest BCUT2D eigenvalue weighted by atomic mass is 9.65. The second kappa shape index (κ2) is 8.06. The van der Waals surface area contributed by atoms with Crippen LogP contribution in [-0.4, -0.2) is 33.7 Å². The van der Waals surface area contributed by atoms with Crippen LogP contribution in [0.4, 0.5) is 5.69 Å². The molecule has 37 heavy (non-hydrogen) atoms. The van der Waals surface area contributed by atoms with Gasteiger partial charge in [-0.05, 0) is 72.6 Å². The van der Waals surface area contributed by atoms with Crippen LogP contribution in [0.5, 0.6) is 0 Å². The van der Waals surface area contributed by atoms with Gasteiger partial charge in [0.05, 0.1) is 15.5 Å². The van der Waals surface area contributed by atoms with Crippen LogP contribution in [0, 0.1) is 10.8 Å². The quantitative estimate of drug-likeness (QED) is 0.337. The highest BCUT2D eigenvalue weighted by Crippen LogP contribution is 2.53. The summed E-state index contributed by atoms with van der Waals surface area (Å²) in [6.07, 6.45) is 2.66. The Balaban J connectivity index is 1.30. The zero-order chi connectivity index (χ0) is 26.2. The van der Waals surface area contributed by atoms with E-state index in [1.54, 1.807) is 28.6 Å². The number of furan rings is 1. The average molecular weight is 539 g/mol. The smallest absolute Gasteiger partial charge is 0.261 e. The number of nitrogens with one attached hydrogen (secondary N) is 1. The molecule has 1 saturated carbocycles. The Labute approximate surface area is 217 Å². The normalized spacial score (nSPS) is 24.0. The van der Waals surface area contributed by atoms with Gasteiger partial charge in [0, 0.05) is 23.4 Å². The van der Waals surface area contributed by atoms with Crippen molar-refractivity contribution in [3.05, 3.63) is 66.7 Å². The number of hydrogen-bond acceptors (Lipinski definition) is 5. The number of para-hydroxylation sites is 1. The van der Waals surface area contributed by atoms with E-state index in [9.17, 15) is 16.8 Å². The van der Waals surface area contributed by atoms with Crippen LogP contribution < -0.4 is 4.72 Å². The summed E-state index contributed by atoms with van der Waals surface area (Å²) in [5.74, 6) is 0. The van der Waals surface area contributed by atoms with Gasteiger partial charge in [-0.1, -0.05) is 45.0 Å². The summed E-state index contributed by atoms with van der Waals surface area (Å²) in [6.45, 7) is 7.05. The van der Waals surface area contributed by atoms with Crippen molar-refractivity contribution in [3.63, 3.8) is 0 Å². The number of nitrogens with zero attached hydrogens (tertiary/aromatic N) is 1. The van der Waals surface area contributed by atoms with Crippen LogP contribution in [0.3, 0.4) is 0 Å². The molecule has 2 bridgehead atoms. The molecule has 3 aromatic carbocycles. The molecule has 1 saturated heterocycles. The minimum absolute atomic E-state index is 0.0457. The van der Waals surface area contributed by atoms with Crippen LogP contribution >= 0.6 is 0 Å². The van der Waals surface area contributed by atoms with E-state index in [2.05, 4.69) is 25.5 Å². The van der Waals surface area contributed by atoms with Gasteiger partial charge in [-0.25, -0.2) is 16.8 Å². The number of fused-ring (bicyclic) bond motifs is 5. The fourth-order valence-electron chi connectivity index (χ4n) is 6.63. The summed E-state index contributed by atoms with van der Waals surface area (Å²) in [7, 11) is -7.76. The number of rotatable bonds is 5. The first-order valence-electron chi connectivity index (χ1n) is 12.4. The molecule has 1 aromatic heterocycles. The summed E-state index contributed by atoms with van der Waals surface area (Å²) >= 11 is 0. The maximum atomic E-state index is 13.7. The molecule has 1 aliphatic heterocycles. The summed E-state index contributed by atoms with van der Waals surface area (Å²) in [5.41, 5.74) is 1.52. The molecule has 2 heterocycles. The highest BCUT2D eigenvalue weighted by atomic mass is 32.2. The van der Waals surface area contributed by atoms with E-state index in [1.165, 1.54) is 18.2 Å². The molecule has 7 nitrogen and oxygen atoms in total. The van der Waals surface area contributed by atoms with Crippen molar-refractivity contribution in [2.45, 2.75) is 55.9 Å². The average Bonchev–Trinajstić information content (AvgIpc) is 3.31. The third-order valence-corrected chi connectivity index (χ3v) is 11.0. The lowest BCUT2D eigenvalue weighted by molar-refractivity contribution is 0.133. The van der Waals surface area contributed by atoms with E-state index >= 15 is 0 Å². The Morgan fingerprint density at radius 1 is 0.838 bits per heavy atom. The van der Waals surface area contributed by atoms with Gasteiger partial charge in [0.1, 0.15) is 11.2 Å². The highest BCUT2D eigenvalue weighted by Gasteiger charge is 2.53. The Kier molecular flexibility index (Phi) is 5.33. The first kappa shape index (κ1) is 24.5. The van der Waals surface area contributed by atoms with Gasteiger partial charge in [-0.15, -0.1) is 0 Å². The summed E-state index contributed by atoms with van der Waals surface area (Å²) in [5, 5.41) is 1.53. The second-order valence-electron chi connectivity index (χ2n) is 11.7. The standard InChI is InChI=1S/C28H30N2O5S2/c1-27(2)15-20-16-28(3,17-27)18-30(20)37(33,34)22-8-6-7-19(13-22)29-36(31,32)21-11-12-26-24(14-21)23-9-4-5-10-25(23)35-26/h4-14,20,29H,15-18H2,1-3H3/t20-,28+/m0/s1. The van der Waals surface area contributed by atoms with Crippen molar-refractivity contribution in [1.82, 2.24) is 4.31 Å². The van der Waals surface area contributed by atoms with Gasteiger partial charge >= 0.3 is 0 Å². The van der Waals surface area contributed by atoms with Crippen molar-refractivity contribution in [2.75, 3.05) is 11.3 Å². The van der Waals surface area contributed by atoms with E-state index in [0.717, 1.165) is 24.6 Å². The maximum absolute atomic E-state index is 13.7. The van der Waals surface area contributed by atoms with Crippen LogP contribution in [0.2, 0.25) is 0 Å². The van der Waals surface area contributed by atoms with Crippen LogP contribution in [0.15, 0.2) is 80.9 Å². The Hall–Kier alpha value is -2.88. The number of benzene rings is 3. The Morgan fingerprint density at radius 2 is 1.59 bits per heavy atom. The molecule has 0 spiro atoms. The molecule has 0 radical (unpaired) electrons. The van der Waals surface area contributed by atoms with E-state index in [4.69, 9.17) is 4.42 Å². The van der Waals surface area contributed by atoms with Crippen LogP contribution in [-0.2, 0) is 20.0 Å². The molecule has 1 aliphatic carbocycles. The topological polar surface area (TPSA) is 96.7 Å². The van der Waals surface area contributed by atoms with E-state index in [0.29, 0.717) is 23.1 Å². The SMILES string of the molecule is CC1(C)C[C@H]2C[C@@](C)(CN2S(=O)(=O)c2cccc(NS(=O)(=O)c3ccc4oc5ccccc5c4c3)c2)C1. The molecule has 6 rings (SSSR count). The van der Waals surface area contributed by atoms with Crippen molar-refractivity contribution in [2.24, 2.45) is 10.8 Å². The lowest BCUT2D eigenvalue weighted by Crippen LogP contribution is -2.37. The monoisotopic (exact) mass is 538 g/mol. The largest absolute Gasteiger partial charge is 0.456 e. The molecule has 0 unspecified atom stereocenters. The lowest BCUT2D eigenvalue weighted by Gasteiger charge is -2.39. The van der Waals surface area contributed by atoms with E-state index < -0.39 is 20.0 Å². The molecule has 2 atom stereocenters. The zero-order valence-corrected chi connectivity index (χ0v) is 22.7. The Bertz CT molecular complexity index is 1760. The fraction of sp³-hybridized carbons (Fsp3) is 0.357. The van der Waals surface area contributed by atoms with Crippen molar-refractivity contribution in [3.8, 4) is 0 Å². The molecule has 0 amide bonds. The maximum Gasteiger partial charge on any atom is 0.261 e. The van der Waals surface area contributed by atoms with Crippen LogP contribution in [0.1, 0.15) is 40.0 Å². The molecule has 9 heteroatoms. The summed E-state index contributed by atoms with van der Waals surface area (Å²) in [6, 6.07) is 18.2. The van der Waals surface area contributed by atoms with Gasteiger partial charge in [-0.2, -0.15) is 4.31 Å². The first-order chi connectivity index (χ1) is 17.4. The minimum Gasteiger partial charge on any atom is -0.456 e. The van der Waals surface area contributed by atoms with E-state index in [1.807, 2.05) is 24.3 Å². The van der Waals surface area contributed by atoms with Gasteiger partial charge in [0.2, 0.25) is 10.0 Å². The van der Waals surface area contributed by atoms with Gasteiger partial charge in [0.25, 0.3) is 10.0 Å². The van der Waals surface area contributed by atoms with Gasteiger partial charge in [-0.3, -0.25) is 4.72 Å². The minimum atomic E-state index is -3.97. The van der Waals surface area contributed by atoms with E-state index in [-0.39, 0.29) is 32.4 Å². The highest BCUT2D eigenvalue weighted by molar-refractivity contribution is 7.92. The second-order valence-corrected chi connectivity index (χ2v) is 15.2. The molecule has 2 aliphatic rings. The molecule has 2 fully saturated rings. The number of anilines is 1. The van der Waals surface area contributed by atoms with Crippen molar-refractivity contribution >= 4 is 47.7 Å². The predicted octanol–water partition coefficient (Wildman–Crippen LogP) is 5.98. The zero-order valence-electron chi connectivity index (χ0n) is 21.1. The number of hydrogen-bond donors (Lipinski definition) is 1. The summed E-state index contributed by atoms with van der Waals surface area (Å²) in [4.78, 5) is 0.168. The molecule has 1 N–H and O–H groups in total. The van der Waals surface area contributed by atoms with Crippen molar-refractivity contribution < 1.29 is 21.3 Å². The van der Waals surface area contributed by atoms with Gasteiger partial charge < -0.3 is 4.42 Å². The fourth-order valence-corrected chi connectivity index (χ4v) is 9.53. The Morgan fingerprint density at radius 3 is 2.41 bits per heavy atom. The molecular weight excluding hydrogens is 508 g/mol. The first-order valence-corrected chi connectivity index (χ1v) is 15.3. The van der Waals surface area contributed by atoms with Crippen LogP contribution in [0.25, 0.3) is 21.9 Å². The third kappa shape index (κ3) is 4.23. The summed E-state index contributed by atoms with van der Waals surface area (Å²) < 4.78 is 64.0. The molecule has 194 valence electrons.